The number of thiophene rings is 1. The van der Waals surface area contributed by atoms with Crippen molar-refractivity contribution in [1.82, 2.24) is 15.1 Å². The van der Waals surface area contributed by atoms with Crippen LogP contribution in [0, 0.1) is 0 Å². The highest BCUT2D eigenvalue weighted by atomic mass is 32.1. The predicted molar refractivity (Wildman–Crippen MR) is 102 cm³/mol. The maximum absolute atomic E-state index is 12.9. The summed E-state index contributed by atoms with van der Waals surface area (Å²) in [6, 6.07) is 11.8. The van der Waals surface area contributed by atoms with Crippen LogP contribution in [0.15, 0.2) is 41.8 Å². The number of urea groups is 1. The Morgan fingerprint density at radius 3 is 2.77 bits per heavy atom. The van der Waals surface area contributed by atoms with Crippen molar-refractivity contribution in [2.75, 3.05) is 19.6 Å². The van der Waals surface area contributed by atoms with E-state index in [0.29, 0.717) is 19.5 Å². The lowest BCUT2D eigenvalue weighted by Gasteiger charge is -2.31. The van der Waals surface area contributed by atoms with Crippen LogP contribution in [0.3, 0.4) is 0 Å². The lowest BCUT2D eigenvalue weighted by molar-refractivity contribution is -0.128. The molecule has 2 aromatic rings. The molecule has 0 radical (unpaired) electrons. The third kappa shape index (κ3) is 3.60. The van der Waals surface area contributed by atoms with Gasteiger partial charge in [-0.25, -0.2) is 4.79 Å². The standard InChI is InChI=1S/C20H23N3O2S/c24-19-7-4-10-22(19)14-17(15-5-2-1-3-6-15)21-20(25)23-11-8-18-16(13-23)9-12-26-18/h1-3,5-6,9,12,17H,4,7-8,10-11,13-14H2,(H,21,25). The van der Waals surface area contributed by atoms with E-state index < -0.39 is 0 Å². The van der Waals surface area contributed by atoms with Gasteiger partial charge in [0.15, 0.2) is 0 Å². The fourth-order valence-corrected chi connectivity index (χ4v) is 4.59. The van der Waals surface area contributed by atoms with Crippen molar-refractivity contribution in [3.63, 3.8) is 0 Å². The quantitative estimate of drug-likeness (QED) is 0.900. The summed E-state index contributed by atoms with van der Waals surface area (Å²) in [6.45, 7) is 2.71. The Kier molecular flexibility index (Phi) is 4.93. The first-order valence-corrected chi connectivity index (χ1v) is 10.0. The molecule has 0 spiro atoms. The summed E-state index contributed by atoms with van der Waals surface area (Å²) >= 11 is 1.77. The van der Waals surface area contributed by atoms with Gasteiger partial charge in [0.05, 0.1) is 6.04 Å². The van der Waals surface area contributed by atoms with Crippen molar-refractivity contribution in [2.24, 2.45) is 0 Å². The predicted octanol–water partition coefficient (Wildman–Crippen LogP) is 3.18. The number of carbonyl (C=O) groups excluding carboxylic acids is 2. The molecular weight excluding hydrogens is 346 g/mol. The minimum atomic E-state index is -0.186. The minimum absolute atomic E-state index is 0.0534. The van der Waals surface area contributed by atoms with Crippen molar-refractivity contribution < 1.29 is 9.59 Å². The first-order valence-electron chi connectivity index (χ1n) is 9.14. The number of hydrogen-bond donors (Lipinski definition) is 1. The second kappa shape index (κ2) is 7.50. The van der Waals surface area contributed by atoms with Gasteiger partial charge in [-0.3, -0.25) is 4.79 Å². The van der Waals surface area contributed by atoms with Crippen LogP contribution < -0.4 is 5.32 Å². The maximum atomic E-state index is 12.9. The van der Waals surface area contributed by atoms with E-state index in [-0.39, 0.29) is 18.0 Å². The van der Waals surface area contributed by atoms with Crippen LogP contribution in [0.25, 0.3) is 0 Å². The summed E-state index contributed by atoms with van der Waals surface area (Å²) in [4.78, 5) is 30.0. The van der Waals surface area contributed by atoms with Gasteiger partial charge >= 0.3 is 6.03 Å². The Morgan fingerprint density at radius 2 is 2.00 bits per heavy atom. The molecule has 1 aromatic heterocycles. The zero-order chi connectivity index (χ0) is 17.9. The number of nitrogens with one attached hydrogen (secondary N) is 1. The Balaban J connectivity index is 1.47. The van der Waals surface area contributed by atoms with E-state index in [9.17, 15) is 9.59 Å². The molecular formula is C20H23N3O2S. The molecule has 0 aliphatic carbocycles. The van der Waals surface area contributed by atoms with Gasteiger partial charge in [-0.05, 0) is 35.4 Å². The molecule has 5 nitrogen and oxygen atoms in total. The number of benzene rings is 1. The summed E-state index contributed by atoms with van der Waals surface area (Å²) < 4.78 is 0. The molecule has 1 atom stereocenters. The molecule has 3 heterocycles. The van der Waals surface area contributed by atoms with Gasteiger partial charge in [0.25, 0.3) is 0 Å². The van der Waals surface area contributed by atoms with Crippen molar-refractivity contribution in [1.29, 1.82) is 0 Å². The zero-order valence-electron chi connectivity index (χ0n) is 14.7. The number of fused-ring (bicyclic) bond motifs is 1. The molecule has 1 unspecified atom stereocenters. The summed E-state index contributed by atoms with van der Waals surface area (Å²) in [5, 5.41) is 5.27. The molecule has 0 saturated carbocycles. The van der Waals surface area contributed by atoms with Crippen molar-refractivity contribution >= 4 is 23.3 Å². The Labute approximate surface area is 157 Å². The van der Waals surface area contributed by atoms with Gasteiger partial charge in [-0.15, -0.1) is 11.3 Å². The third-order valence-corrected chi connectivity index (χ3v) is 6.19. The molecule has 6 heteroatoms. The Bertz CT molecular complexity index is 789. The van der Waals surface area contributed by atoms with Crippen LogP contribution in [-0.4, -0.2) is 41.4 Å². The third-order valence-electron chi connectivity index (χ3n) is 5.17. The number of nitrogens with zero attached hydrogens (tertiary/aromatic N) is 2. The Morgan fingerprint density at radius 1 is 1.15 bits per heavy atom. The summed E-state index contributed by atoms with van der Waals surface area (Å²) in [5.41, 5.74) is 2.29. The van der Waals surface area contributed by atoms with Gasteiger partial charge in [0, 0.05) is 37.5 Å². The van der Waals surface area contributed by atoms with Gasteiger partial charge in [0.2, 0.25) is 5.91 Å². The monoisotopic (exact) mass is 369 g/mol. The lowest BCUT2D eigenvalue weighted by Crippen LogP contribution is -2.46. The minimum Gasteiger partial charge on any atom is -0.340 e. The van der Waals surface area contributed by atoms with Crippen LogP contribution in [-0.2, 0) is 17.8 Å². The average Bonchev–Trinajstić information content (AvgIpc) is 3.30. The highest BCUT2D eigenvalue weighted by molar-refractivity contribution is 7.10. The first-order chi connectivity index (χ1) is 12.7. The van der Waals surface area contributed by atoms with E-state index in [4.69, 9.17) is 0 Å². The normalized spacial score (nSPS) is 17.9. The highest BCUT2D eigenvalue weighted by Crippen LogP contribution is 2.25. The number of carbonyl (C=O) groups is 2. The van der Waals surface area contributed by atoms with Gasteiger partial charge in [-0.2, -0.15) is 0 Å². The van der Waals surface area contributed by atoms with Crippen LogP contribution >= 0.6 is 11.3 Å². The summed E-state index contributed by atoms with van der Waals surface area (Å²) in [7, 11) is 0. The maximum Gasteiger partial charge on any atom is 0.318 e. The second-order valence-corrected chi connectivity index (χ2v) is 7.90. The molecule has 0 bridgehead atoms. The molecule has 2 aliphatic heterocycles. The molecule has 136 valence electrons. The summed E-state index contributed by atoms with van der Waals surface area (Å²) in [5.74, 6) is 0.182. The first kappa shape index (κ1) is 17.1. The molecule has 1 saturated heterocycles. The smallest absolute Gasteiger partial charge is 0.318 e. The lowest BCUT2D eigenvalue weighted by atomic mass is 10.1. The number of likely N-dealkylation sites (tertiary alicyclic amines) is 1. The molecule has 2 aliphatic rings. The van der Waals surface area contributed by atoms with Crippen LogP contribution in [0.4, 0.5) is 4.79 Å². The topological polar surface area (TPSA) is 52.7 Å². The van der Waals surface area contributed by atoms with Crippen LogP contribution in [0.1, 0.15) is 34.9 Å². The van der Waals surface area contributed by atoms with Crippen LogP contribution in [0.2, 0.25) is 0 Å². The largest absolute Gasteiger partial charge is 0.340 e. The van der Waals surface area contributed by atoms with Crippen LogP contribution in [0.5, 0.6) is 0 Å². The van der Waals surface area contributed by atoms with E-state index in [1.165, 1.54) is 10.4 Å². The SMILES string of the molecule is O=C1CCCN1CC(NC(=O)N1CCc2sccc2C1)c1ccccc1. The number of rotatable bonds is 4. The zero-order valence-corrected chi connectivity index (χ0v) is 15.5. The fourth-order valence-electron chi connectivity index (χ4n) is 3.70. The van der Waals surface area contributed by atoms with E-state index >= 15 is 0 Å². The summed E-state index contributed by atoms with van der Waals surface area (Å²) in [6.07, 6.45) is 2.44. The van der Waals surface area contributed by atoms with E-state index in [0.717, 1.165) is 31.5 Å². The van der Waals surface area contributed by atoms with Crippen molar-refractivity contribution in [3.05, 3.63) is 57.8 Å². The van der Waals surface area contributed by atoms with E-state index in [2.05, 4.69) is 16.8 Å². The number of amides is 3. The van der Waals surface area contributed by atoms with Gasteiger partial charge in [0.1, 0.15) is 0 Å². The van der Waals surface area contributed by atoms with Gasteiger partial charge < -0.3 is 15.1 Å². The number of hydrogen-bond acceptors (Lipinski definition) is 3. The molecule has 4 rings (SSSR count). The molecule has 1 fully saturated rings. The molecule has 26 heavy (non-hydrogen) atoms. The molecule has 3 amide bonds. The Hall–Kier alpha value is -2.34. The van der Waals surface area contributed by atoms with Gasteiger partial charge in [-0.1, -0.05) is 30.3 Å². The highest BCUT2D eigenvalue weighted by Gasteiger charge is 2.28. The molecule has 1 aromatic carbocycles. The van der Waals surface area contributed by atoms with E-state index in [1.54, 1.807) is 11.3 Å². The van der Waals surface area contributed by atoms with Crippen molar-refractivity contribution in [3.8, 4) is 0 Å². The fraction of sp³-hybridized carbons (Fsp3) is 0.400. The molecule has 1 N–H and O–H groups in total. The van der Waals surface area contributed by atoms with Crippen molar-refractivity contribution in [2.45, 2.75) is 31.8 Å². The van der Waals surface area contributed by atoms with E-state index in [1.807, 2.05) is 40.1 Å². The average molecular weight is 369 g/mol. The second-order valence-electron chi connectivity index (χ2n) is 6.90.